The summed E-state index contributed by atoms with van der Waals surface area (Å²) in [7, 11) is 0. The molecule has 0 bridgehead atoms. The Morgan fingerprint density at radius 2 is 2.15 bits per heavy atom. The predicted octanol–water partition coefficient (Wildman–Crippen LogP) is 0.645. The molecule has 1 rings (SSSR count). The highest BCUT2D eigenvalue weighted by atomic mass is 16.2. The molecule has 0 amide bonds. The van der Waals surface area contributed by atoms with Crippen molar-refractivity contribution in [2.75, 3.05) is 0 Å². The molecule has 0 fully saturated rings. The number of H-pyrrole nitrogens is 1. The molecule has 1 heterocycles. The number of rotatable bonds is 3. The minimum Gasteiger partial charge on any atom is -0.300 e. The molecule has 0 atom stereocenters. The van der Waals surface area contributed by atoms with E-state index in [-0.39, 0.29) is 11.2 Å². The van der Waals surface area contributed by atoms with Crippen LogP contribution in [0, 0.1) is 6.92 Å². The van der Waals surface area contributed by atoms with E-state index in [1.165, 1.54) is 0 Å². The number of aromatic nitrogens is 2. The zero-order valence-corrected chi connectivity index (χ0v) is 7.96. The Bertz CT molecular complexity index is 389. The SMILES string of the molecule is CCCCn1cc(C)c(=O)[nH]c1=O. The molecule has 0 aromatic carbocycles. The summed E-state index contributed by atoms with van der Waals surface area (Å²) in [5.41, 5.74) is -0.0301. The van der Waals surface area contributed by atoms with Gasteiger partial charge in [0.15, 0.2) is 0 Å². The summed E-state index contributed by atoms with van der Waals surface area (Å²) < 4.78 is 1.54. The van der Waals surface area contributed by atoms with Crippen LogP contribution in [0.2, 0.25) is 0 Å². The topological polar surface area (TPSA) is 54.9 Å². The van der Waals surface area contributed by atoms with Gasteiger partial charge in [0.25, 0.3) is 5.56 Å². The lowest BCUT2D eigenvalue weighted by atomic mass is 10.3. The van der Waals surface area contributed by atoms with E-state index >= 15 is 0 Å². The van der Waals surface area contributed by atoms with Crippen molar-refractivity contribution in [2.24, 2.45) is 0 Å². The summed E-state index contributed by atoms with van der Waals surface area (Å²) in [5.74, 6) is 0. The first kappa shape index (κ1) is 9.77. The highest BCUT2D eigenvalue weighted by Crippen LogP contribution is 1.91. The van der Waals surface area contributed by atoms with Crippen molar-refractivity contribution in [3.63, 3.8) is 0 Å². The fourth-order valence-electron chi connectivity index (χ4n) is 1.11. The number of aryl methyl sites for hydroxylation is 2. The second-order valence-corrected chi connectivity index (χ2v) is 3.12. The van der Waals surface area contributed by atoms with E-state index < -0.39 is 0 Å². The number of nitrogens with zero attached hydrogens (tertiary/aromatic N) is 1. The Hall–Kier alpha value is -1.32. The Kier molecular flexibility index (Phi) is 3.06. The highest BCUT2D eigenvalue weighted by molar-refractivity contribution is 5.00. The highest BCUT2D eigenvalue weighted by Gasteiger charge is 1.98. The summed E-state index contributed by atoms with van der Waals surface area (Å²) in [6.45, 7) is 4.43. The van der Waals surface area contributed by atoms with Crippen LogP contribution in [-0.4, -0.2) is 9.55 Å². The minimum atomic E-state index is -0.316. The van der Waals surface area contributed by atoms with Gasteiger partial charge in [-0.1, -0.05) is 13.3 Å². The summed E-state index contributed by atoms with van der Waals surface area (Å²) >= 11 is 0. The second-order valence-electron chi connectivity index (χ2n) is 3.12. The van der Waals surface area contributed by atoms with Crippen molar-refractivity contribution in [3.05, 3.63) is 32.6 Å². The largest absolute Gasteiger partial charge is 0.328 e. The van der Waals surface area contributed by atoms with Gasteiger partial charge in [-0.25, -0.2) is 4.79 Å². The predicted molar refractivity (Wildman–Crippen MR) is 51.0 cm³/mol. The molecule has 4 heteroatoms. The number of hydrogen-bond acceptors (Lipinski definition) is 2. The quantitative estimate of drug-likeness (QED) is 0.746. The zero-order chi connectivity index (χ0) is 9.84. The summed E-state index contributed by atoms with van der Waals surface area (Å²) in [6, 6.07) is 0. The maximum absolute atomic E-state index is 11.2. The molecule has 0 radical (unpaired) electrons. The first-order valence-electron chi connectivity index (χ1n) is 4.45. The molecular weight excluding hydrogens is 168 g/mol. The van der Waals surface area contributed by atoms with Gasteiger partial charge in [-0.2, -0.15) is 0 Å². The van der Waals surface area contributed by atoms with Gasteiger partial charge >= 0.3 is 5.69 Å². The Labute approximate surface area is 76.2 Å². The van der Waals surface area contributed by atoms with E-state index in [0.717, 1.165) is 12.8 Å². The smallest absolute Gasteiger partial charge is 0.300 e. The lowest BCUT2D eigenvalue weighted by Crippen LogP contribution is -2.30. The summed E-state index contributed by atoms with van der Waals surface area (Å²) in [5, 5.41) is 0. The van der Waals surface area contributed by atoms with E-state index in [0.29, 0.717) is 12.1 Å². The number of unbranched alkanes of at least 4 members (excludes halogenated alkanes) is 1. The van der Waals surface area contributed by atoms with Crippen LogP contribution < -0.4 is 11.2 Å². The molecule has 0 spiro atoms. The van der Waals surface area contributed by atoms with E-state index in [1.807, 2.05) is 0 Å². The van der Waals surface area contributed by atoms with Gasteiger partial charge < -0.3 is 4.57 Å². The molecule has 0 aliphatic carbocycles. The molecule has 1 N–H and O–H groups in total. The Morgan fingerprint density at radius 1 is 1.46 bits per heavy atom. The number of hydrogen-bond donors (Lipinski definition) is 1. The lowest BCUT2D eigenvalue weighted by Gasteiger charge is -2.03. The molecule has 0 unspecified atom stereocenters. The Morgan fingerprint density at radius 3 is 2.77 bits per heavy atom. The van der Waals surface area contributed by atoms with E-state index in [1.54, 1.807) is 17.7 Å². The minimum absolute atomic E-state index is 0.294. The molecule has 0 aliphatic rings. The van der Waals surface area contributed by atoms with Crippen LogP contribution in [-0.2, 0) is 6.54 Å². The molecule has 0 saturated heterocycles. The molecule has 1 aromatic heterocycles. The molecule has 4 nitrogen and oxygen atoms in total. The second kappa shape index (κ2) is 4.07. The molecule has 13 heavy (non-hydrogen) atoms. The van der Waals surface area contributed by atoms with Gasteiger partial charge in [-0.15, -0.1) is 0 Å². The van der Waals surface area contributed by atoms with Crippen molar-refractivity contribution < 1.29 is 0 Å². The van der Waals surface area contributed by atoms with Crippen LogP contribution >= 0.6 is 0 Å². The van der Waals surface area contributed by atoms with Gasteiger partial charge in [0.1, 0.15) is 0 Å². The van der Waals surface area contributed by atoms with Gasteiger partial charge in [-0.05, 0) is 13.3 Å². The van der Waals surface area contributed by atoms with Crippen molar-refractivity contribution in [3.8, 4) is 0 Å². The number of aromatic amines is 1. The summed E-state index contributed by atoms with van der Waals surface area (Å²) in [4.78, 5) is 24.5. The van der Waals surface area contributed by atoms with E-state index in [4.69, 9.17) is 0 Å². The molecule has 0 aliphatic heterocycles. The van der Waals surface area contributed by atoms with Crippen molar-refractivity contribution in [2.45, 2.75) is 33.2 Å². The van der Waals surface area contributed by atoms with E-state index in [9.17, 15) is 9.59 Å². The molecular formula is C9H14N2O2. The molecule has 0 saturated carbocycles. The van der Waals surface area contributed by atoms with Gasteiger partial charge in [0.05, 0.1) is 0 Å². The lowest BCUT2D eigenvalue weighted by molar-refractivity contribution is 0.594. The Balaban J connectivity index is 3.02. The van der Waals surface area contributed by atoms with Crippen LogP contribution in [0.25, 0.3) is 0 Å². The first-order valence-corrected chi connectivity index (χ1v) is 4.45. The fourth-order valence-corrected chi connectivity index (χ4v) is 1.11. The maximum atomic E-state index is 11.2. The van der Waals surface area contributed by atoms with Crippen LogP contribution in [0.1, 0.15) is 25.3 Å². The monoisotopic (exact) mass is 182 g/mol. The fraction of sp³-hybridized carbons (Fsp3) is 0.556. The van der Waals surface area contributed by atoms with Crippen LogP contribution in [0.15, 0.2) is 15.8 Å². The van der Waals surface area contributed by atoms with Crippen molar-refractivity contribution in [1.82, 2.24) is 9.55 Å². The van der Waals surface area contributed by atoms with Crippen LogP contribution in [0.4, 0.5) is 0 Å². The molecule has 72 valence electrons. The first-order chi connectivity index (χ1) is 6.15. The van der Waals surface area contributed by atoms with Crippen LogP contribution in [0.5, 0.6) is 0 Å². The normalized spacial score (nSPS) is 10.3. The third-order valence-corrected chi connectivity index (χ3v) is 1.94. The molecule has 1 aromatic rings. The maximum Gasteiger partial charge on any atom is 0.328 e. The summed E-state index contributed by atoms with van der Waals surface area (Å²) in [6.07, 6.45) is 3.59. The van der Waals surface area contributed by atoms with Gasteiger partial charge in [0, 0.05) is 18.3 Å². The van der Waals surface area contributed by atoms with Gasteiger partial charge in [-0.3, -0.25) is 9.78 Å². The zero-order valence-electron chi connectivity index (χ0n) is 7.96. The standard InChI is InChI=1S/C9H14N2O2/c1-3-4-5-11-6-7(2)8(12)10-9(11)13/h6H,3-5H2,1-2H3,(H,10,12,13). The third kappa shape index (κ3) is 2.31. The third-order valence-electron chi connectivity index (χ3n) is 1.94. The average molecular weight is 182 g/mol. The number of nitrogens with one attached hydrogen (secondary N) is 1. The van der Waals surface area contributed by atoms with Crippen molar-refractivity contribution >= 4 is 0 Å². The van der Waals surface area contributed by atoms with E-state index in [2.05, 4.69) is 11.9 Å². The van der Waals surface area contributed by atoms with Gasteiger partial charge in [0.2, 0.25) is 0 Å². The van der Waals surface area contributed by atoms with Crippen molar-refractivity contribution in [1.29, 1.82) is 0 Å². The average Bonchev–Trinajstić information content (AvgIpc) is 2.09. The van der Waals surface area contributed by atoms with Crippen LogP contribution in [0.3, 0.4) is 0 Å².